The first-order chi connectivity index (χ1) is 6.20. The Kier molecular flexibility index (Phi) is 3.18. The molecule has 0 aliphatic carbocycles. The number of aromatic nitrogens is 4. The average Bonchev–Trinajstić information content (AvgIpc) is 2.45. The van der Waals surface area contributed by atoms with Crippen molar-refractivity contribution in [1.82, 2.24) is 20.2 Å². The Balaban J connectivity index is 2.20. The van der Waals surface area contributed by atoms with Gasteiger partial charge in [-0.15, -0.1) is 0 Å². The van der Waals surface area contributed by atoms with Crippen molar-refractivity contribution in [2.75, 3.05) is 11.9 Å². The van der Waals surface area contributed by atoms with Gasteiger partial charge in [0.05, 0.1) is 0 Å². The fraction of sp³-hybridized carbons (Fsp3) is 0.667. The zero-order valence-electron chi connectivity index (χ0n) is 7.40. The molecule has 13 heavy (non-hydrogen) atoms. The number of nitrogens with zero attached hydrogens (tertiary/aromatic N) is 4. The first kappa shape index (κ1) is 9.43. The zero-order valence-corrected chi connectivity index (χ0v) is 7.40. The average molecular weight is 184 g/mol. The highest BCUT2D eigenvalue weighted by molar-refractivity contribution is 5.73. The second-order valence-corrected chi connectivity index (χ2v) is 2.62. The number of anilines is 1. The minimum Gasteiger partial charge on any atom is -0.370 e. The lowest BCUT2D eigenvalue weighted by Gasteiger charge is -2.01. The number of hydrogen-bond donors (Lipinski definition) is 2. The van der Waals surface area contributed by atoms with Gasteiger partial charge >= 0.3 is 0 Å². The standard InChI is InChI=1S/C6H12N6O/c1-12-6(9-10-11-12)8-4-2-3-5(7)13/h2-4H2,1H3,(H2,7,13)(H,8,9,11). The lowest BCUT2D eigenvalue weighted by molar-refractivity contribution is -0.118. The number of carbonyl (C=O) groups excluding carboxylic acids is 1. The van der Waals surface area contributed by atoms with Crippen LogP contribution in [0.25, 0.3) is 0 Å². The third-order valence-corrected chi connectivity index (χ3v) is 1.50. The van der Waals surface area contributed by atoms with Gasteiger partial charge in [-0.1, -0.05) is 5.10 Å². The monoisotopic (exact) mass is 184 g/mol. The molecule has 1 heterocycles. The van der Waals surface area contributed by atoms with Crippen molar-refractivity contribution in [3.8, 4) is 0 Å². The molecule has 0 saturated carbocycles. The van der Waals surface area contributed by atoms with E-state index >= 15 is 0 Å². The molecule has 0 unspecified atom stereocenters. The van der Waals surface area contributed by atoms with Crippen LogP contribution in [-0.4, -0.2) is 32.7 Å². The molecule has 1 rings (SSSR count). The summed E-state index contributed by atoms with van der Waals surface area (Å²) in [5, 5.41) is 13.8. The molecule has 1 amide bonds. The minimum absolute atomic E-state index is 0.294. The summed E-state index contributed by atoms with van der Waals surface area (Å²) in [6.45, 7) is 0.636. The van der Waals surface area contributed by atoms with E-state index < -0.39 is 0 Å². The van der Waals surface area contributed by atoms with Crippen molar-refractivity contribution in [3.05, 3.63) is 0 Å². The quantitative estimate of drug-likeness (QED) is 0.565. The van der Waals surface area contributed by atoms with Gasteiger partial charge in [-0.2, -0.15) is 0 Å². The molecule has 7 heteroatoms. The third kappa shape index (κ3) is 3.06. The summed E-state index contributed by atoms with van der Waals surface area (Å²) in [5.41, 5.74) is 4.97. The highest BCUT2D eigenvalue weighted by atomic mass is 16.1. The maximum Gasteiger partial charge on any atom is 0.242 e. The Morgan fingerprint density at radius 3 is 3.00 bits per heavy atom. The predicted molar refractivity (Wildman–Crippen MR) is 45.7 cm³/mol. The summed E-state index contributed by atoms with van der Waals surface area (Å²) in [7, 11) is 1.73. The molecule has 0 aliphatic heterocycles. The molecular weight excluding hydrogens is 172 g/mol. The van der Waals surface area contributed by atoms with E-state index in [-0.39, 0.29) is 5.91 Å². The van der Waals surface area contributed by atoms with Gasteiger partial charge in [0.1, 0.15) is 0 Å². The van der Waals surface area contributed by atoms with Gasteiger partial charge in [0.2, 0.25) is 11.9 Å². The van der Waals surface area contributed by atoms with Gasteiger partial charge in [0.15, 0.2) is 0 Å². The number of amides is 1. The van der Waals surface area contributed by atoms with E-state index in [1.165, 1.54) is 4.68 Å². The molecule has 7 nitrogen and oxygen atoms in total. The van der Waals surface area contributed by atoms with Gasteiger partial charge in [0.25, 0.3) is 0 Å². The number of nitrogens with one attached hydrogen (secondary N) is 1. The predicted octanol–water partition coefficient (Wildman–Crippen LogP) is -1.11. The Bertz CT molecular complexity index is 282. The number of primary amides is 1. The van der Waals surface area contributed by atoms with Crippen LogP contribution < -0.4 is 11.1 Å². The molecular formula is C6H12N6O. The summed E-state index contributed by atoms with van der Waals surface area (Å²) in [4.78, 5) is 10.4. The van der Waals surface area contributed by atoms with Crippen LogP contribution in [0.1, 0.15) is 12.8 Å². The molecule has 0 radical (unpaired) electrons. The maximum atomic E-state index is 10.4. The van der Waals surface area contributed by atoms with Crippen molar-refractivity contribution in [2.45, 2.75) is 12.8 Å². The van der Waals surface area contributed by atoms with Gasteiger partial charge in [0, 0.05) is 20.0 Å². The van der Waals surface area contributed by atoms with Crippen molar-refractivity contribution in [3.63, 3.8) is 0 Å². The first-order valence-electron chi connectivity index (χ1n) is 3.94. The Morgan fingerprint density at radius 2 is 2.46 bits per heavy atom. The van der Waals surface area contributed by atoms with Gasteiger partial charge in [-0.25, -0.2) is 4.68 Å². The smallest absolute Gasteiger partial charge is 0.242 e. The number of rotatable bonds is 5. The van der Waals surface area contributed by atoms with Crippen molar-refractivity contribution in [1.29, 1.82) is 0 Å². The molecule has 1 aromatic rings. The number of aryl methyl sites for hydroxylation is 1. The molecule has 3 N–H and O–H groups in total. The lowest BCUT2D eigenvalue weighted by Crippen LogP contribution is -2.13. The molecule has 0 aliphatic rings. The second-order valence-electron chi connectivity index (χ2n) is 2.62. The zero-order chi connectivity index (χ0) is 9.68. The normalized spacial score (nSPS) is 9.92. The highest BCUT2D eigenvalue weighted by Gasteiger charge is 1.99. The number of nitrogens with two attached hydrogens (primary N) is 1. The van der Waals surface area contributed by atoms with Crippen LogP contribution >= 0.6 is 0 Å². The van der Waals surface area contributed by atoms with Gasteiger partial charge in [-0.05, 0) is 16.8 Å². The summed E-state index contributed by atoms with van der Waals surface area (Å²) in [5.74, 6) is 0.294. The Morgan fingerprint density at radius 1 is 1.69 bits per heavy atom. The van der Waals surface area contributed by atoms with E-state index in [0.29, 0.717) is 25.3 Å². The molecule has 72 valence electrons. The molecule has 0 saturated heterocycles. The summed E-state index contributed by atoms with van der Waals surface area (Å²) < 4.78 is 1.52. The van der Waals surface area contributed by atoms with Gasteiger partial charge < -0.3 is 11.1 Å². The van der Waals surface area contributed by atoms with Crippen LogP contribution in [0.2, 0.25) is 0 Å². The number of tetrazole rings is 1. The van der Waals surface area contributed by atoms with E-state index in [2.05, 4.69) is 20.8 Å². The molecule has 0 bridgehead atoms. The SMILES string of the molecule is Cn1nnnc1NCCCC(N)=O. The van der Waals surface area contributed by atoms with Crippen LogP contribution in [-0.2, 0) is 11.8 Å². The molecule has 1 aromatic heterocycles. The summed E-state index contributed by atoms with van der Waals surface area (Å²) in [6, 6.07) is 0. The molecule has 0 spiro atoms. The second kappa shape index (κ2) is 4.39. The highest BCUT2D eigenvalue weighted by Crippen LogP contribution is 1.96. The van der Waals surface area contributed by atoms with Crippen LogP contribution in [0.4, 0.5) is 5.95 Å². The maximum absolute atomic E-state index is 10.4. The minimum atomic E-state index is -0.294. The van der Waals surface area contributed by atoms with E-state index in [9.17, 15) is 4.79 Å². The Hall–Kier alpha value is -1.66. The van der Waals surface area contributed by atoms with Crippen molar-refractivity contribution >= 4 is 11.9 Å². The van der Waals surface area contributed by atoms with Crippen LogP contribution in [0.15, 0.2) is 0 Å². The third-order valence-electron chi connectivity index (χ3n) is 1.50. The molecule has 0 atom stereocenters. The molecule has 0 fully saturated rings. The fourth-order valence-corrected chi connectivity index (χ4v) is 0.842. The van der Waals surface area contributed by atoms with E-state index in [1.807, 2.05) is 0 Å². The van der Waals surface area contributed by atoms with E-state index in [0.717, 1.165) is 0 Å². The van der Waals surface area contributed by atoms with Crippen LogP contribution in [0, 0.1) is 0 Å². The van der Waals surface area contributed by atoms with Crippen molar-refractivity contribution < 1.29 is 4.79 Å². The van der Waals surface area contributed by atoms with E-state index in [4.69, 9.17) is 5.73 Å². The van der Waals surface area contributed by atoms with Gasteiger partial charge in [-0.3, -0.25) is 4.79 Å². The lowest BCUT2D eigenvalue weighted by atomic mass is 10.3. The topological polar surface area (TPSA) is 98.7 Å². The van der Waals surface area contributed by atoms with Crippen LogP contribution in [0.3, 0.4) is 0 Å². The Labute approximate surface area is 75.3 Å². The number of hydrogen-bond acceptors (Lipinski definition) is 5. The molecule has 0 aromatic carbocycles. The largest absolute Gasteiger partial charge is 0.370 e. The van der Waals surface area contributed by atoms with E-state index in [1.54, 1.807) is 7.05 Å². The van der Waals surface area contributed by atoms with Crippen LogP contribution in [0.5, 0.6) is 0 Å². The summed E-state index contributed by atoms with van der Waals surface area (Å²) in [6.07, 6.45) is 1.06. The van der Waals surface area contributed by atoms with Crippen molar-refractivity contribution in [2.24, 2.45) is 12.8 Å². The number of carbonyl (C=O) groups is 1. The summed E-state index contributed by atoms with van der Waals surface area (Å²) >= 11 is 0. The fourth-order valence-electron chi connectivity index (χ4n) is 0.842. The first-order valence-corrected chi connectivity index (χ1v) is 3.94.